The zero-order chi connectivity index (χ0) is 11.9. The van der Waals surface area contributed by atoms with Crippen molar-refractivity contribution in [3.8, 4) is 0 Å². The van der Waals surface area contributed by atoms with E-state index in [1.165, 1.54) is 6.42 Å². The molecule has 2 aliphatic heterocycles. The smallest absolute Gasteiger partial charge is 0.410 e. The Bertz CT molecular complexity index is 285. The number of rotatable bonds is 0. The van der Waals surface area contributed by atoms with E-state index < -0.39 is 5.60 Å². The first-order chi connectivity index (χ1) is 7.37. The first-order valence-corrected chi connectivity index (χ1v) is 6.12. The third kappa shape index (κ3) is 2.32. The van der Waals surface area contributed by atoms with Crippen LogP contribution in [0, 0.1) is 5.92 Å². The van der Waals surface area contributed by atoms with Gasteiger partial charge in [0, 0.05) is 12.6 Å². The zero-order valence-corrected chi connectivity index (χ0v) is 10.4. The fourth-order valence-corrected chi connectivity index (χ4v) is 2.78. The molecule has 4 heteroatoms. The van der Waals surface area contributed by atoms with E-state index in [9.17, 15) is 4.79 Å². The molecule has 0 aromatic carbocycles. The number of amides is 1. The van der Waals surface area contributed by atoms with Crippen LogP contribution in [0.3, 0.4) is 0 Å². The van der Waals surface area contributed by atoms with Crippen LogP contribution in [0.4, 0.5) is 4.79 Å². The molecule has 1 saturated carbocycles. The summed E-state index contributed by atoms with van der Waals surface area (Å²) >= 11 is 0. The second-order valence-corrected chi connectivity index (χ2v) is 6.04. The molecule has 2 heterocycles. The summed E-state index contributed by atoms with van der Waals surface area (Å²) < 4.78 is 5.41. The van der Waals surface area contributed by atoms with Crippen molar-refractivity contribution >= 4 is 6.09 Å². The zero-order valence-electron chi connectivity index (χ0n) is 10.4. The van der Waals surface area contributed by atoms with Gasteiger partial charge in [0.1, 0.15) is 5.60 Å². The SMILES string of the molecule is CC(C)(C)OC(=O)N1C[C@@H]2CC[C@H]1[C@H](N)C2. The summed E-state index contributed by atoms with van der Waals surface area (Å²) in [7, 11) is 0. The highest BCUT2D eigenvalue weighted by Gasteiger charge is 2.42. The topological polar surface area (TPSA) is 55.6 Å². The molecule has 2 N–H and O–H groups in total. The summed E-state index contributed by atoms with van der Waals surface area (Å²) in [4.78, 5) is 13.8. The minimum Gasteiger partial charge on any atom is -0.444 e. The molecule has 16 heavy (non-hydrogen) atoms. The summed E-state index contributed by atoms with van der Waals surface area (Å²) in [6.07, 6.45) is 3.10. The maximum atomic E-state index is 12.0. The number of carbonyl (C=O) groups excluding carboxylic acids is 1. The standard InChI is InChI=1S/C12H22N2O2/c1-12(2,3)16-11(15)14-7-8-4-5-10(14)9(13)6-8/h8-10H,4-7,13H2,1-3H3/t8-,9-,10+/m1/s1. The van der Waals surface area contributed by atoms with Gasteiger partial charge >= 0.3 is 6.09 Å². The lowest BCUT2D eigenvalue weighted by Crippen LogP contribution is -2.61. The van der Waals surface area contributed by atoms with E-state index in [1.807, 2.05) is 25.7 Å². The molecule has 3 fully saturated rings. The highest BCUT2D eigenvalue weighted by Crippen LogP contribution is 2.34. The van der Waals surface area contributed by atoms with Gasteiger partial charge < -0.3 is 15.4 Å². The molecule has 92 valence electrons. The van der Waals surface area contributed by atoms with Crippen LogP contribution < -0.4 is 5.73 Å². The number of carbonyl (C=O) groups is 1. The van der Waals surface area contributed by atoms with E-state index in [4.69, 9.17) is 10.5 Å². The fourth-order valence-electron chi connectivity index (χ4n) is 2.78. The largest absolute Gasteiger partial charge is 0.444 e. The van der Waals surface area contributed by atoms with Crippen molar-refractivity contribution in [2.24, 2.45) is 11.7 Å². The number of nitrogens with zero attached hydrogens (tertiary/aromatic N) is 1. The van der Waals surface area contributed by atoms with Gasteiger partial charge in [0.2, 0.25) is 0 Å². The molecule has 0 unspecified atom stereocenters. The quantitative estimate of drug-likeness (QED) is 0.684. The van der Waals surface area contributed by atoms with Gasteiger partial charge in [-0.2, -0.15) is 0 Å². The molecule has 3 atom stereocenters. The Hall–Kier alpha value is -0.770. The van der Waals surface area contributed by atoms with Gasteiger partial charge in [0.25, 0.3) is 0 Å². The fraction of sp³-hybridized carbons (Fsp3) is 0.917. The average molecular weight is 226 g/mol. The van der Waals surface area contributed by atoms with Gasteiger partial charge in [0.05, 0.1) is 6.04 Å². The number of piperidine rings is 2. The molecular weight excluding hydrogens is 204 g/mol. The minimum absolute atomic E-state index is 0.139. The molecule has 1 amide bonds. The van der Waals surface area contributed by atoms with Gasteiger partial charge in [-0.1, -0.05) is 0 Å². The van der Waals surface area contributed by atoms with Crippen LogP contribution in [0.25, 0.3) is 0 Å². The van der Waals surface area contributed by atoms with Crippen molar-refractivity contribution in [1.29, 1.82) is 0 Å². The van der Waals surface area contributed by atoms with Gasteiger partial charge in [-0.05, 0) is 46.0 Å². The third-order valence-electron chi connectivity index (χ3n) is 3.45. The summed E-state index contributed by atoms with van der Waals surface area (Å²) in [6, 6.07) is 0.333. The van der Waals surface area contributed by atoms with E-state index in [0.717, 1.165) is 19.4 Å². The molecule has 3 rings (SSSR count). The van der Waals surface area contributed by atoms with Crippen LogP contribution in [0.2, 0.25) is 0 Å². The Kier molecular flexibility index (Phi) is 2.86. The Balaban J connectivity index is 2.02. The highest BCUT2D eigenvalue weighted by atomic mass is 16.6. The van der Waals surface area contributed by atoms with Gasteiger partial charge in [-0.15, -0.1) is 0 Å². The first-order valence-electron chi connectivity index (χ1n) is 6.12. The van der Waals surface area contributed by atoms with Crippen molar-refractivity contribution in [1.82, 2.24) is 4.90 Å². The summed E-state index contributed by atoms with van der Waals surface area (Å²) in [5.74, 6) is 0.576. The van der Waals surface area contributed by atoms with Crippen molar-refractivity contribution < 1.29 is 9.53 Å². The van der Waals surface area contributed by atoms with E-state index in [1.54, 1.807) is 0 Å². The van der Waals surface area contributed by atoms with Gasteiger partial charge in [-0.3, -0.25) is 0 Å². The molecule has 4 nitrogen and oxygen atoms in total. The minimum atomic E-state index is -0.419. The van der Waals surface area contributed by atoms with Crippen LogP contribution >= 0.6 is 0 Å². The van der Waals surface area contributed by atoms with Crippen molar-refractivity contribution in [2.45, 2.75) is 57.7 Å². The van der Waals surface area contributed by atoms with Crippen molar-refractivity contribution in [3.05, 3.63) is 0 Å². The molecule has 0 aromatic heterocycles. The van der Waals surface area contributed by atoms with Gasteiger partial charge in [0.15, 0.2) is 0 Å². The third-order valence-corrected chi connectivity index (χ3v) is 3.45. The summed E-state index contributed by atoms with van der Waals surface area (Å²) in [6.45, 7) is 6.51. The monoisotopic (exact) mass is 226 g/mol. The van der Waals surface area contributed by atoms with Crippen molar-refractivity contribution in [3.63, 3.8) is 0 Å². The predicted molar refractivity (Wildman–Crippen MR) is 62.0 cm³/mol. The molecule has 0 spiro atoms. The van der Waals surface area contributed by atoms with E-state index >= 15 is 0 Å². The number of nitrogens with two attached hydrogens (primary N) is 1. The molecule has 2 saturated heterocycles. The summed E-state index contributed by atoms with van der Waals surface area (Å²) in [5.41, 5.74) is 5.64. The first kappa shape index (κ1) is 11.7. The Morgan fingerprint density at radius 1 is 1.38 bits per heavy atom. The van der Waals surface area contributed by atoms with Crippen LogP contribution in [-0.4, -0.2) is 35.2 Å². The predicted octanol–water partition coefficient (Wildman–Crippen LogP) is 1.73. The lowest BCUT2D eigenvalue weighted by molar-refractivity contribution is -0.0181. The Morgan fingerprint density at radius 2 is 2.06 bits per heavy atom. The molecule has 0 radical (unpaired) electrons. The maximum Gasteiger partial charge on any atom is 0.410 e. The molecular formula is C12H22N2O2. The number of fused-ring (bicyclic) bond motifs is 3. The Morgan fingerprint density at radius 3 is 2.56 bits per heavy atom. The summed E-state index contributed by atoms with van der Waals surface area (Å²) in [5, 5.41) is 0. The van der Waals surface area contributed by atoms with Crippen LogP contribution in [-0.2, 0) is 4.74 Å². The molecule has 2 bridgehead atoms. The van der Waals surface area contributed by atoms with Crippen molar-refractivity contribution in [2.75, 3.05) is 6.54 Å². The van der Waals surface area contributed by atoms with E-state index in [2.05, 4.69) is 0 Å². The van der Waals surface area contributed by atoms with E-state index in [0.29, 0.717) is 5.92 Å². The van der Waals surface area contributed by atoms with Crippen LogP contribution in [0.15, 0.2) is 0 Å². The number of hydrogen-bond donors (Lipinski definition) is 1. The van der Waals surface area contributed by atoms with Crippen LogP contribution in [0.5, 0.6) is 0 Å². The number of ether oxygens (including phenoxy) is 1. The second kappa shape index (κ2) is 3.91. The van der Waals surface area contributed by atoms with Gasteiger partial charge in [-0.25, -0.2) is 4.79 Å². The molecule has 1 aliphatic carbocycles. The number of hydrogen-bond acceptors (Lipinski definition) is 3. The Labute approximate surface area is 97.1 Å². The molecule has 0 aromatic rings. The molecule has 3 aliphatic rings. The maximum absolute atomic E-state index is 12.0. The van der Waals surface area contributed by atoms with E-state index in [-0.39, 0.29) is 18.2 Å². The highest BCUT2D eigenvalue weighted by molar-refractivity contribution is 5.69. The second-order valence-electron chi connectivity index (χ2n) is 6.04. The lowest BCUT2D eigenvalue weighted by atomic mass is 9.77. The lowest BCUT2D eigenvalue weighted by Gasteiger charge is -2.48. The van der Waals surface area contributed by atoms with Crippen LogP contribution in [0.1, 0.15) is 40.0 Å². The normalized spacial score (nSPS) is 34.0. The average Bonchev–Trinajstić information content (AvgIpc) is 2.15.